The summed E-state index contributed by atoms with van der Waals surface area (Å²) in [5, 5.41) is 15.2. The number of aromatic nitrogens is 2. The molecule has 0 bridgehead atoms. The van der Waals surface area contributed by atoms with Gasteiger partial charge in [0.25, 0.3) is 0 Å². The van der Waals surface area contributed by atoms with Crippen LogP contribution in [-0.4, -0.2) is 20.2 Å². The van der Waals surface area contributed by atoms with Crippen molar-refractivity contribution in [2.75, 3.05) is 5.33 Å². The number of nitrogens with zero attached hydrogens (tertiary/aromatic N) is 2. The third kappa shape index (κ3) is 1.75. The van der Waals surface area contributed by atoms with Crippen LogP contribution in [0.15, 0.2) is 18.2 Å². The van der Waals surface area contributed by atoms with Crippen molar-refractivity contribution in [1.29, 1.82) is 0 Å². The Hall–Kier alpha value is -1.29. The maximum absolute atomic E-state index is 9.55. The molecule has 0 spiro atoms. The van der Waals surface area contributed by atoms with E-state index in [1.54, 1.807) is 6.07 Å². The molecule has 3 rings (SSSR count). The summed E-state index contributed by atoms with van der Waals surface area (Å²) in [5.41, 5.74) is 6.09. The van der Waals surface area contributed by atoms with E-state index in [0.29, 0.717) is 5.75 Å². The largest absolute Gasteiger partial charge is 0.508 e. The number of phenols is 1. The summed E-state index contributed by atoms with van der Waals surface area (Å²) in [4.78, 5) is 0. The first-order valence-electron chi connectivity index (χ1n) is 6.15. The maximum atomic E-state index is 9.55. The zero-order valence-electron chi connectivity index (χ0n) is 10.3. The summed E-state index contributed by atoms with van der Waals surface area (Å²) >= 11 is 3.46. The highest BCUT2D eigenvalue weighted by Crippen LogP contribution is 2.35. The quantitative estimate of drug-likeness (QED) is 0.866. The minimum absolute atomic E-state index is 0.341. The van der Waals surface area contributed by atoms with Gasteiger partial charge in [-0.3, -0.25) is 4.68 Å². The number of benzene rings is 1. The highest BCUT2D eigenvalue weighted by molar-refractivity contribution is 9.09. The zero-order chi connectivity index (χ0) is 12.7. The van der Waals surface area contributed by atoms with Gasteiger partial charge >= 0.3 is 0 Å². The van der Waals surface area contributed by atoms with E-state index >= 15 is 0 Å². The van der Waals surface area contributed by atoms with Crippen LogP contribution in [0.3, 0.4) is 0 Å². The van der Waals surface area contributed by atoms with E-state index in [1.807, 2.05) is 12.1 Å². The lowest BCUT2D eigenvalue weighted by Crippen LogP contribution is -2.04. The first-order valence-corrected chi connectivity index (χ1v) is 7.27. The van der Waals surface area contributed by atoms with E-state index in [2.05, 4.69) is 27.5 Å². The van der Waals surface area contributed by atoms with Gasteiger partial charge in [0.2, 0.25) is 0 Å². The van der Waals surface area contributed by atoms with Crippen molar-refractivity contribution >= 4 is 15.9 Å². The number of hydrogen-bond acceptors (Lipinski definition) is 2. The van der Waals surface area contributed by atoms with Gasteiger partial charge in [-0.2, -0.15) is 5.10 Å². The summed E-state index contributed by atoms with van der Waals surface area (Å²) in [6, 6.07) is 5.58. The van der Waals surface area contributed by atoms with Crippen molar-refractivity contribution in [2.45, 2.75) is 26.3 Å². The van der Waals surface area contributed by atoms with Crippen LogP contribution in [0, 0.1) is 6.92 Å². The first-order chi connectivity index (χ1) is 8.70. The second kappa shape index (κ2) is 4.43. The van der Waals surface area contributed by atoms with Crippen LogP contribution in [0.2, 0.25) is 0 Å². The number of hydrogen-bond donors (Lipinski definition) is 1. The third-order valence-electron chi connectivity index (χ3n) is 3.62. The van der Waals surface area contributed by atoms with Crippen molar-refractivity contribution < 1.29 is 5.11 Å². The van der Waals surface area contributed by atoms with Crippen molar-refractivity contribution in [3.8, 4) is 17.0 Å². The number of rotatable bonds is 2. The molecule has 94 valence electrons. The van der Waals surface area contributed by atoms with Crippen LogP contribution in [0.25, 0.3) is 11.3 Å². The minimum Gasteiger partial charge on any atom is -0.508 e. The molecule has 0 fully saturated rings. The number of halogens is 1. The molecule has 1 aromatic carbocycles. The molecule has 1 aliphatic rings. The Morgan fingerprint density at radius 1 is 1.39 bits per heavy atom. The van der Waals surface area contributed by atoms with Crippen molar-refractivity contribution in [3.05, 3.63) is 35.0 Å². The molecule has 0 aliphatic heterocycles. The van der Waals surface area contributed by atoms with E-state index in [4.69, 9.17) is 5.10 Å². The van der Waals surface area contributed by atoms with E-state index in [9.17, 15) is 5.11 Å². The fourth-order valence-corrected chi connectivity index (χ4v) is 3.01. The lowest BCUT2D eigenvalue weighted by molar-refractivity contribution is 0.474. The molecule has 1 aliphatic carbocycles. The lowest BCUT2D eigenvalue weighted by Gasteiger charge is -2.15. The summed E-state index contributed by atoms with van der Waals surface area (Å²) in [5.74, 6) is 0.341. The predicted octanol–water partition coefficient (Wildman–Crippen LogP) is 3.06. The van der Waals surface area contributed by atoms with Crippen LogP contribution >= 0.6 is 15.9 Å². The van der Waals surface area contributed by atoms with Gasteiger partial charge < -0.3 is 5.11 Å². The Labute approximate surface area is 115 Å². The molecule has 3 nitrogen and oxygen atoms in total. The molecule has 1 heterocycles. The average Bonchev–Trinajstić information content (AvgIpc) is 2.67. The fourth-order valence-electron chi connectivity index (χ4n) is 2.67. The number of aromatic hydroxyl groups is 1. The third-order valence-corrected chi connectivity index (χ3v) is 3.97. The van der Waals surface area contributed by atoms with Crippen molar-refractivity contribution in [2.24, 2.45) is 0 Å². The standard InChI is InChI=1S/C14H15BrN2O/c1-9-12-4-2-10-8-11(18)3-5-13(10)14(12)16-17(9)7-6-15/h3,5,8,18H,2,4,6-7H2,1H3. The molecule has 4 heteroatoms. The van der Waals surface area contributed by atoms with Gasteiger partial charge in [0, 0.05) is 22.2 Å². The van der Waals surface area contributed by atoms with E-state index in [1.165, 1.54) is 22.4 Å². The molecule has 1 aromatic heterocycles. The number of alkyl halides is 1. The summed E-state index contributed by atoms with van der Waals surface area (Å²) < 4.78 is 2.07. The molecule has 1 N–H and O–H groups in total. The first kappa shape index (κ1) is 11.8. The van der Waals surface area contributed by atoms with Gasteiger partial charge in [0.15, 0.2) is 0 Å². The molecule has 0 saturated heterocycles. The normalized spacial score (nSPS) is 13.2. The summed E-state index contributed by atoms with van der Waals surface area (Å²) in [7, 11) is 0. The number of fused-ring (bicyclic) bond motifs is 3. The Balaban J connectivity index is 2.15. The topological polar surface area (TPSA) is 38.0 Å². The smallest absolute Gasteiger partial charge is 0.115 e. The summed E-state index contributed by atoms with van der Waals surface area (Å²) in [6.07, 6.45) is 2.00. The Morgan fingerprint density at radius 2 is 2.22 bits per heavy atom. The number of phenolic OH excluding ortho intramolecular Hbond substituents is 1. The Kier molecular flexibility index (Phi) is 2.90. The molecule has 2 aromatic rings. The Morgan fingerprint density at radius 3 is 3.00 bits per heavy atom. The highest BCUT2D eigenvalue weighted by atomic mass is 79.9. The van der Waals surface area contributed by atoms with Crippen LogP contribution in [0.1, 0.15) is 16.8 Å². The summed E-state index contributed by atoms with van der Waals surface area (Å²) in [6.45, 7) is 3.03. The van der Waals surface area contributed by atoms with Gasteiger partial charge in [-0.15, -0.1) is 0 Å². The minimum atomic E-state index is 0.341. The van der Waals surface area contributed by atoms with Crippen LogP contribution in [0.5, 0.6) is 5.75 Å². The molecule has 18 heavy (non-hydrogen) atoms. The van der Waals surface area contributed by atoms with Gasteiger partial charge in [-0.1, -0.05) is 15.9 Å². The van der Waals surface area contributed by atoms with Gasteiger partial charge in [-0.05, 0) is 43.5 Å². The lowest BCUT2D eigenvalue weighted by atomic mass is 9.89. The predicted molar refractivity (Wildman–Crippen MR) is 75.3 cm³/mol. The molecule has 0 amide bonds. The second-order valence-corrected chi connectivity index (χ2v) is 5.46. The van der Waals surface area contributed by atoms with Crippen LogP contribution in [0.4, 0.5) is 0 Å². The van der Waals surface area contributed by atoms with Gasteiger partial charge in [0.05, 0.1) is 12.2 Å². The van der Waals surface area contributed by atoms with Gasteiger partial charge in [0.1, 0.15) is 5.75 Å². The molecular formula is C14H15BrN2O. The van der Waals surface area contributed by atoms with Crippen LogP contribution in [-0.2, 0) is 19.4 Å². The fraction of sp³-hybridized carbons (Fsp3) is 0.357. The Bertz CT molecular complexity index is 604. The van der Waals surface area contributed by atoms with E-state index < -0.39 is 0 Å². The molecule has 0 atom stereocenters. The van der Waals surface area contributed by atoms with Gasteiger partial charge in [-0.25, -0.2) is 0 Å². The van der Waals surface area contributed by atoms with E-state index in [-0.39, 0.29) is 0 Å². The SMILES string of the molecule is Cc1c2c(nn1CCBr)-c1ccc(O)cc1CC2. The average molecular weight is 307 g/mol. The highest BCUT2D eigenvalue weighted by Gasteiger charge is 2.22. The molecule has 0 saturated carbocycles. The molecule has 0 radical (unpaired) electrons. The van der Waals surface area contributed by atoms with E-state index in [0.717, 1.165) is 30.4 Å². The van der Waals surface area contributed by atoms with Crippen LogP contribution < -0.4 is 0 Å². The monoisotopic (exact) mass is 306 g/mol. The number of aryl methyl sites for hydroxylation is 2. The van der Waals surface area contributed by atoms with Crippen molar-refractivity contribution in [1.82, 2.24) is 9.78 Å². The zero-order valence-corrected chi connectivity index (χ0v) is 11.9. The maximum Gasteiger partial charge on any atom is 0.115 e. The second-order valence-electron chi connectivity index (χ2n) is 4.67. The van der Waals surface area contributed by atoms with Crippen molar-refractivity contribution in [3.63, 3.8) is 0 Å². The molecule has 0 unspecified atom stereocenters. The molecular weight excluding hydrogens is 292 g/mol.